The van der Waals surface area contributed by atoms with E-state index in [0.29, 0.717) is 28.2 Å². The van der Waals surface area contributed by atoms with Crippen molar-refractivity contribution in [1.29, 1.82) is 0 Å². The van der Waals surface area contributed by atoms with Crippen LogP contribution in [0.4, 0.5) is 11.4 Å². The average Bonchev–Trinajstić information content (AvgIpc) is 3.11. The Morgan fingerprint density at radius 1 is 1.28 bits per heavy atom. The minimum absolute atomic E-state index is 0.258. The summed E-state index contributed by atoms with van der Waals surface area (Å²) in [5.41, 5.74) is 7.95. The van der Waals surface area contributed by atoms with Gasteiger partial charge in [0, 0.05) is 18.7 Å². The molecule has 132 valence electrons. The number of rotatable bonds is 5. The van der Waals surface area contributed by atoms with Crippen LogP contribution >= 0.6 is 11.5 Å². The van der Waals surface area contributed by atoms with Crippen LogP contribution in [0.1, 0.15) is 51.9 Å². The van der Waals surface area contributed by atoms with Gasteiger partial charge < -0.3 is 16.0 Å². The lowest BCUT2D eigenvalue weighted by atomic mass is 10.1. The van der Waals surface area contributed by atoms with E-state index in [9.17, 15) is 9.59 Å². The highest BCUT2D eigenvalue weighted by atomic mass is 32.1. The summed E-state index contributed by atoms with van der Waals surface area (Å²) in [5, 5.41) is 6.90. The van der Waals surface area contributed by atoms with Crippen molar-refractivity contribution in [2.75, 3.05) is 23.3 Å². The first-order valence-corrected chi connectivity index (χ1v) is 9.19. The Balaban J connectivity index is 1.92. The van der Waals surface area contributed by atoms with Crippen molar-refractivity contribution >= 4 is 34.7 Å². The van der Waals surface area contributed by atoms with Gasteiger partial charge in [0.1, 0.15) is 4.88 Å². The second kappa shape index (κ2) is 7.60. The van der Waals surface area contributed by atoms with E-state index >= 15 is 0 Å². The maximum absolute atomic E-state index is 12.7. The molecular formula is C17H21N5O2S. The van der Waals surface area contributed by atoms with Gasteiger partial charge in [0.25, 0.3) is 5.91 Å². The van der Waals surface area contributed by atoms with Gasteiger partial charge in [-0.25, -0.2) is 0 Å². The molecule has 8 heteroatoms. The van der Waals surface area contributed by atoms with E-state index in [4.69, 9.17) is 5.73 Å². The molecular weight excluding hydrogens is 338 g/mol. The first-order valence-electron chi connectivity index (χ1n) is 8.41. The average molecular weight is 359 g/mol. The number of anilines is 2. The van der Waals surface area contributed by atoms with Gasteiger partial charge >= 0.3 is 0 Å². The minimum Gasteiger partial charge on any atom is -0.370 e. The number of carbonyl (C=O) groups is 2. The van der Waals surface area contributed by atoms with Gasteiger partial charge in [0.15, 0.2) is 0 Å². The van der Waals surface area contributed by atoms with Crippen molar-refractivity contribution in [2.45, 2.75) is 32.6 Å². The predicted octanol–water partition coefficient (Wildman–Crippen LogP) is 2.44. The smallest absolute Gasteiger partial charge is 0.269 e. The Labute approximate surface area is 150 Å². The minimum atomic E-state index is -0.519. The molecule has 3 rings (SSSR count). The number of nitrogens with two attached hydrogens (primary N) is 1. The second-order valence-electron chi connectivity index (χ2n) is 6.00. The molecule has 25 heavy (non-hydrogen) atoms. The molecule has 1 aromatic heterocycles. The van der Waals surface area contributed by atoms with E-state index < -0.39 is 5.91 Å². The summed E-state index contributed by atoms with van der Waals surface area (Å²) >= 11 is 1.08. The Morgan fingerprint density at radius 2 is 2.04 bits per heavy atom. The fourth-order valence-electron chi connectivity index (χ4n) is 2.99. The maximum Gasteiger partial charge on any atom is 0.269 e. The van der Waals surface area contributed by atoms with Crippen LogP contribution in [0.25, 0.3) is 0 Å². The van der Waals surface area contributed by atoms with Crippen LogP contribution in [0.5, 0.6) is 0 Å². The van der Waals surface area contributed by atoms with Gasteiger partial charge in [-0.2, -0.15) is 0 Å². The summed E-state index contributed by atoms with van der Waals surface area (Å²) in [4.78, 5) is 26.9. The van der Waals surface area contributed by atoms with Gasteiger partial charge in [-0.1, -0.05) is 11.4 Å². The van der Waals surface area contributed by atoms with E-state index in [-0.39, 0.29) is 5.91 Å². The number of aromatic nitrogens is 2. The molecule has 1 aromatic carbocycles. The number of aryl methyl sites for hydroxylation is 1. The summed E-state index contributed by atoms with van der Waals surface area (Å²) in [6.07, 6.45) is 4.08. The monoisotopic (exact) mass is 359 g/mol. The first-order chi connectivity index (χ1) is 12.1. The number of piperidine rings is 1. The van der Waals surface area contributed by atoms with E-state index in [1.54, 1.807) is 12.1 Å². The maximum atomic E-state index is 12.7. The number of primary amides is 1. The third kappa shape index (κ3) is 3.79. The third-order valence-corrected chi connectivity index (χ3v) is 5.09. The normalized spacial score (nSPS) is 14.4. The number of hydrogen-bond donors (Lipinski definition) is 2. The zero-order valence-corrected chi connectivity index (χ0v) is 14.9. The fraction of sp³-hybridized carbons (Fsp3) is 0.412. The van der Waals surface area contributed by atoms with Crippen LogP contribution in [0.2, 0.25) is 0 Å². The molecule has 2 aromatic rings. The van der Waals surface area contributed by atoms with Crippen molar-refractivity contribution in [3.05, 3.63) is 34.3 Å². The third-order valence-electron chi connectivity index (χ3n) is 4.32. The van der Waals surface area contributed by atoms with Gasteiger partial charge in [-0.15, -0.1) is 5.10 Å². The van der Waals surface area contributed by atoms with Crippen LogP contribution < -0.4 is 16.0 Å². The molecule has 0 aliphatic carbocycles. The van der Waals surface area contributed by atoms with Crippen molar-refractivity contribution in [3.63, 3.8) is 0 Å². The Hall–Kier alpha value is -2.48. The zero-order chi connectivity index (χ0) is 17.8. The van der Waals surface area contributed by atoms with Crippen LogP contribution in [-0.2, 0) is 6.42 Å². The van der Waals surface area contributed by atoms with Crippen LogP contribution in [0.3, 0.4) is 0 Å². The van der Waals surface area contributed by atoms with Gasteiger partial charge in [-0.05, 0) is 55.4 Å². The number of amides is 2. The van der Waals surface area contributed by atoms with Crippen LogP contribution in [0, 0.1) is 0 Å². The molecule has 1 saturated heterocycles. The van der Waals surface area contributed by atoms with E-state index in [0.717, 1.165) is 43.2 Å². The van der Waals surface area contributed by atoms with E-state index in [1.165, 1.54) is 6.42 Å². The molecule has 1 aliphatic heterocycles. The van der Waals surface area contributed by atoms with Gasteiger partial charge in [0.05, 0.1) is 17.1 Å². The highest BCUT2D eigenvalue weighted by Crippen LogP contribution is 2.30. The molecule has 2 amide bonds. The van der Waals surface area contributed by atoms with Crippen molar-refractivity contribution < 1.29 is 9.59 Å². The molecule has 0 atom stereocenters. The largest absolute Gasteiger partial charge is 0.370 e. The first kappa shape index (κ1) is 17.3. The Morgan fingerprint density at radius 3 is 2.72 bits per heavy atom. The number of benzene rings is 1. The summed E-state index contributed by atoms with van der Waals surface area (Å²) in [6, 6.07) is 5.20. The summed E-state index contributed by atoms with van der Waals surface area (Å²) in [5.74, 6) is -0.777. The molecule has 0 radical (unpaired) electrons. The molecule has 0 saturated carbocycles. The van der Waals surface area contributed by atoms with Crippen LogP contribution in [-0.4, -0.2) is 34.5 Å². The van der Waals surface area contributed by atoms with E-state index in [1.807, 2.05) is 13.0 Å². The lowest BCUT2D eigenvalue weighted by molar-refractivity contribution is 0.0996. The number of nitrogens with one attached hydrogen (secondary N) is 1. The van der Waals surface area contributed by atoms with Crippen LogP contribution in [0.15, 0.2) is 18.2 Å². The summed E-state index contributed by atoms with van der Waals surface area (Å²) < 4.78 is 3.86. The molecule has 3 N–H and O–H groups in total. The predicted molar refractivity (Wildman–Crippen MR) is 98.3 cm³/mol. The highest BCUT2D eigenvalue weighted by Gasteiger charge is 2.20. The quantitative estimate of drug-likeness (QED) is 0.854. The number of carbonyl (C=O) groups excluding carboxylic acids is 2. The van der Waals surface area contributed by atoms with Crippen molar-refractivity contribution in [1.82, 2.24) is 9.59 Å². The molecule has 0 spiro atoms. The lowest BCUT2D eigenvalue weighted by Gasteiger charge is -2.30. The standard InChI is InChI=1S/C17H21N5O2S/c1-2-12-15(25-21-20-12)17(24)19-13-10-11(16(18)23)6-7-14(13)22-8-4-3-5-9-22/h6-7,10H,2-5,8-9H2,1H3,(H2,18,23)(H,19,24). The topological polar surface area (TPSA) is 101 Å². The van der Waals surface area contributed by atoms with Crippen molar-refractivity contribution in [2.24, 2.45) is 5.73 Å². The molecule has 0 bridgehead atoms. The van der Waals surface area contributed by atoms with Gasteiger partial charge in [0.2, 0.25) is 5.91 Å². The SMILES string of the molecule is CCc1nnsc1C(=O)Nc1cc(C(N)=O)ccc1N1CCCCC1. The molecule has 1 fully saturated rings. The molecule has 1 aliphatic rings. The number of nitrogens with zero attached hydrogens (tertiary/aromatic N) is 3. The Kier molecular flexibility index (Phi) is 5.28. The summed E-state index contributed by atoms with van der Waals surface area (Å²) in [6.45, 7) is 3.79. The lowest BCUT2D eigenvalue weighted by Crippen LogP contribution is -2.30. The summed E-state index contributed by atoms with van der Waals surface area (Å²) in [7, 11) is 0. The molecule has 7 nitrogen and oxygen atoms in total. The Bertz CT molecular complexity index is 783. The molecule has 2 heterocycles. The van der Waals surface area contributed by atoms with Gasteiger partial charge in [-0.3, -0.25) is 9.59 Å². The highest BCUT2D eigenvalue weighted by molar-refractivity contribution is 7.08. The molecule has 0 unspecified atom stereocenters. The van der Waals surface area contributed by atoms with Crippen molar-refractivity contribution in [3.8, 4) is 0 Å². The second-order valence-corrected chi connectivity index (χ2v) is 6.75. The number of hydrogen-bond acceptors (Lipinski definition) is 6. The fourth-order valence-corrected chi connectivity index (χ4v) is 3.64. The van der Waals surface area contributed by atoms with E-state index in [2.05, 4.69) is 19.8 Å². The zero-order valence-electron chi connectivity index (χ0n) is 14.1.